The van der Waals surface area contributed by atoms with Gasteiger partial charge in [0.25, 0.3) is 5.69 Å². The number of carbonyl (C=O) groups excluding carboxylic acids is 1. The molecule has 3 rings (SSSR count). The van der Waals surface area contributed by atoms with Crippen molar-refractivity contribution in [3.8, 4) is 0 Å². The molecule has 156 valence electrons. The van der Waals surface area contributed by atoms with E-state index in [0.29, 0.717) is 11.3 Å². The molecule has 1 heterocycles. The van der Waals surface area contributed by atoms with Crippen LogP contribution < -0.4 is 5.32 Å². The number of hydrogen-bond acceptors (Lipinski definition) is 9. The molecule has 0 unspecified atom stereocenters. The van der Waals surface area contributed by atoms with Gasteiger partial charge in [0.1, 0.15) is 9.96 Å². The molecule has 0 atom stereocenters. The molecule has 2 aromatic carbocycles. The molecule has 10 nitrogen and oxygen atoms in total. The Morgan fingerprint density at radius 3 is 2.23 bits per heavy atom. The second kappa shape index (κ2) is 8.30. The zero-order valence-electron chi connectivity index (χ0n) is 15.0. The first kappa shape index (κ1) is 21.5. The summed E-state index contributed by atoms with van der Waals surface area (Å²) in [5, 5.41) is 12.9. The lowest BCUT2D eigenvalue weighted by Gasteiger charge is -2.04. The number of non-ortho nitro benzene ring substituents is 1. The number of aromatic nitrogens is 1. The molecule has 0 spiro atoms. The van der Waals surface area contributed by atoms with Gasteiger partial charge in [-0.15, -0.1) is 0 Å². The monoisotopic (exact) mass is 467 g/mol. The van der Waals surface area contributed by atoms with Crippen LogP contribution in [0.2, 0.25) is 0 Å². The quantitative estimate of drug-likeness (QED) is 0.410. The summed E-state index contributed by atoms with van der Waals surface area (Å²) in [6.45, 7) is 0. The van der Waals surface area contributed by atoms with Gasteiger partial charge in [0.05, 0.1) is 20.9 Å². The van der Waals surface area contributed by atoms with Crippen molar-refractivity contribution in [3.63, 3.8) is 0 Å². The first-order valence-corrected chi connectivity index (χ1v) is 12.1. The molecule has 3 aromatic rings. The molecule has 1 aromatic heterocycles. The summed E-state index contributed by atoms with van der Waals surface area (Å²) in [5.74, 6) is -1.70. The van der Waals surface area contributed by atoms with E-state index < -0.39 is 36.3 Å². The lowest BCUT2D eigenvalue weighted by Crippen LogP contribution is -2.22. The van der Waals surface area contributed by atoms with Gasteiger partial charge < -0.3 is 5.32 Å². The van der Waals surface area contributed by atoms with E-state index in [4.69, 9.17) is 0 Å². The Morgan fingerprint density at radius 2 is 1.63 bits per heavy atom. The van der Waals surface area contributed by atoms with Crippen LogP contribution in [0.3, 0.4) is 0 Å². The van der Waals surface area contributed by atoms with E-state index in [1.165, 1.54) is 24.3 Å². The maximum atomic E-state index is 12.6. The van der Waals surface area contributed by atoms with E-state index in [2.05, 4.69) is 10.3 Å². The summed E-state index contributed by atoms with van der Waals surface area (Å²) in [5.41, 5.74) is -0.258. The minimum atomic E-state index is -4.01. The summed E-state index contributed by atoms with van der Waals surface area (Å²) < 4.78 is 49.5. The molecule has 0 aliphatic rings. The Hall–Kier alpha value is -3.16. The van der Waals surface area contributed by atoms with Crippen molar-refractivity contribution in [2.75, 3.05) is 11.1 Å². The molecule has 1 amide bonds. The van der Waals surface area contributed by atoms with Gasteiger partial charge in [0, 0.05) is 12.1 Å². The van der Waals surface area contributed by atoms with Gasteiger partial charge in [-0.25, -0.2) is 21.8 Å². The Morgan fingerprint density at radius 1 is 1.00 bits per heavy atom. The first-order valence-electron chi connectivity index (χ1n) is 8.12. The lowest BCUT2D eigenvalue weighted by molar-refractivity contribution is -0.384. The van der Waals surface area contributed by atoms with Gasteiger partial charge in [0.2, 0.25) is 15.7 Å². The number of hydrogen-bond donors (Lipinski definition) is 1. The van der Waals surface area contributed by atoms with Crippen LogP contribution in [0.25, 0.3) is 0 Å². The Kier molecular flexibility index (Phi) is 5.96. The highest BCUT2D eigenvalue weighted by Crippen LogP contribution is 2.29. The number of anilines is 1. The zero-order valence-corrected chi connectivity index (χ0v) is 17.4. The minimum absolute atomic E-state index is 0.0132. The van der Waals surface area contributed by atoms with Gasteiger partial charge in [-0.1, -0.05) is 29.5 Å². The van der Waals surface area contributed by atoms with Crippen molar-refractivity contribution in [1.29, 1.82) is 0 Å². The molecule has 0 fully saturated rings. The van der Waals surface area contributed by atoms with Gasteiger partial charge in [0.15, 0.2) is 15.0 Å². The molecule has 1 N–H and O–H groups in total. The zero-order chi connectivity index (χ0) is 21.9. The van der Waals surface area contributed by atoms with Crippen molar-refractivity contribution in [2.45, 2.75) is 14.0 Å². The molecule has 13 heteroatoms. The molecule has 0 aliphatic carbocycles. The number of nitro benzene ring substituents is 1. The van der Waals surface area contributed by atoms with Crippen LogP contribution in [0.1, 0.15) is 0 Å². The largest absolute Gasteiger partial charge is 0.301 e. The first-order chi connectivity index (χ1) is 14.1. The fourth-order valence-electron chi connectivity index (χ4n) is 2.34. The topological polar surface area (TPSA) is 153 Å². The van der Waals surface area contributed by atoms with Gasteiger partial charge in [-0.2, -0.15) is 0 Å². The van der Waals surface area contributed by atoms with Crippen LogP contribution in [0.4, 0.5) is 10.8 Å². The van der Waals surface area contributed by atoms with Crippen molar-refractivity contribution in [2.24, 2.45) is 0 Å². The predicted octanol–water partition coefficient (Wildman–Crippen LogP) is 2.30. The van der Waals surface area contributed by atoms with E-state index in [9.17, 15) is 31.7 Å². The summed E-state index contributed by atoms with van der Waals surface area (Å²) in [4.78, 5) is 25.7. The minimum Gasteiger partial charge on any atom is -0.301 e. The van der Waals surface area contributed by atoms with Crippen LogP contribution >= 0.6 is 11.3 Å². The average molecular weight is 468 g/mol. The van der Waals surface area contributed by atoms with Crippen molar-refractivity contribution in [3.05, 3.63) is 70.9 Å². The van der Waals surface area contributed by atoms with Crippen LogP contribution in [0.15, 0.2) is 74.8 Å². The van der Waals surface area contributed by atoms with E-state index in [0.717, 1.165) is 30.5 Å². The van der Waals surface area contributed by atoms with Gasteiger partial charge in [-0.05, 0) is 24.3 Å². The summed E-state index contributed by atoms with van der Waals surface area (Å²) in [6, 6.07) is 11.7. The number of thiazole rings is 1. The van der Waals surface area contributed by atoms with Crippen molar-refractivity contribution >= 4 is 47.7 Å². The van der Waals surface area contributed by atoms with Crippen molar-refractivity contribution in [1.82, 2.24) is 4.98 Å². The Balaban J connectivity index is 1.74. The van der Waals surface area contributed by atoms with Gasteiger partial charge in [-0.3, -0.25) is 14.9 Å². The summed E-state index contributed by atoms with van der Waals surface area (Å²) in [7, 11) is -7.87. The molecular formula is C17H13N3O7S3. The fourth-order valence-corrected chi connectivity index (χ4v) is 5.95. The third kappa shape index (κ3) is 4.69. The maximum Gasteiger partial charge on any atom is 0.269 e. The highest BCUT2D eigenvalue weighted by molar-refractivity contribution is 7.93. The molecule has 30 heavy (non-hydrogen) atoms. The number of benzene rings is 2. The molecule has 0 radical (unpaired) electrons. The third-order valence-electron chi connectivity index (χ3n) is 3.78. The summed E-state index contributed by atoms with van der Waals surface area (Å²) >= 11 is 0.636. The molecular weight excluding hydrogens is 454 g/mol. The Bertz CT molecular complexity index is 1300. The smallest absolute Gasteiger partial charge is 0.269 e. The van der Waals surface area contributed by atoms with Gasteiger partial charge >= 0.3 is 0 Å². The van der Waals surface area contributed by atoms with E-state index in [1.54, 1.807) is 6.07 Å². The van der Waals surface area contributed by atoms with Crippen molar-refractivity contribution < 1.29 is 26.6 Å². The number of rotatable bonds is 7. The second-order valence-electron chi connectivity index (χ2n) is 5.86. The number of sulfone groups is 2. The Labute approximate surface area is 175 Å². The van der Waals surface area contributed by atoms with E-state index in [-0.39, 0.29) is 24.8 Å². The number of nitrogens with zero attached hydrogens (tertiary/aromatic N) is 2. The average Bonchev–Trinajstić information content (AvgIpc) is 3.17. The fraction of sp³-hybridized carbons (Fsp3) is 0.0588. The third-order valence-corrected chi connectivity index (χ3v) is 8.55. The lowest BCUT2D eigenvalue weighted by atomic mass is 10.3. The van der Waals surface area contributed by atoms with Crippen LogP contribution in [0.5, 0.6) is 0 Å². The maximum absolute atomic E-state index is 12.6. The standard InChI is InChI=1S/C17H13N3O7S3/c21-15(11-29(24,25)13-4-2-1-3-5-13)19-17-18-10-16(28-17)30(26,27)14-8-6-12(7-9-14)20(22)23/h1-10H,11H2,(H,18,19,21). The summed E-state index contributed by atoms with van der Waals surface area (Å²) in [6.07, 6.45) is 1.02. The number of nitrogens with one attached hydrogen (secondary N) is 1. The number of amides is 1. The molecule has 0 aliphatic heterocycles. The van der Waals surface area contributed by atoms with E-state index >= 15 is 0 Å². The predicted molar refractivity (Wildman–Crippen MR) is 108 cm³/mol. The van der Waals surface area contributed by atoms with Crippen LogP contribution in [-0.2, 0) is 24.5 Å². The molecule has 0 saturated carbocycles. The number of carbonyl (C=O) groups is 1. The SMILES string of the molecule is O=C(CS(=O)(=O)c1ccccc1)Nc1ncc(S(=O)(=O)c2ccc([N+](=O)[O-])cc2)s1. The van der Waals surface area contributed by atoms with Crippen LogP contribution in [-0.4, -0.2) is 38.4 Å². The van der Waals surface area contributed by atoms with Crippen LogP contribution in [0, 0.1) is 10.1 Å². The molecule has 0 saturated heterocycles. The normalized spacial score (nSPS) is 11.7. The highest BCUT2D eigenvalue weighted by atomic mass is 32.2. The van der Waals surface area contributed by atoms with E-state index in [1.807, 2.05) is 0 Å². The second-order valence-corrected chi connectivity index (χ2v) is 11.1. The highest BCUT2D eigenvalue weighted by Gasteiger charge is 2.24. The number of nitro groups is 1. The molecule has 0 bridgehead atoms.